The van der Waals surface area contributed by atoms with E-state index in [0.717, 1.165) is 10.8 Å². The Hall–Kier alpha value is -2.04. The van der Waals surface area contributed by atoms with Gasteiger partial charge in [-0.2, -0.15) is 0 Å². The van der Waals surface area contributed by atoms with Crippen LogP contribution in [-0.2, 0) is 20.2 Å². The van der Waals surface area contributed by atoms with Crippen LogP contribution in [0.5, 0.6) is 0 Å². The zero-order chi connectivity index (χ0) is 25.3. The van der Waals surface area contributed by atoms with Crippen LogP contribution in [0.15, 0.2) is 95.7 Å². The Morgan fingerprint density at radius 2 is 0.914 bits per heavy atom. The van der Waals surface area contributed by atoms with E-state index in [1.165, 1.54) is 0 Å². The van der Waals surface area contributed by atoms with Crippen LogP contribution in [0.25, 0.3) is 32.7 Å². The molecule has 0 bridgehead atoms. The smallest absolute Gasteiger partial charge is 0.744 e. The van der Waals surface area contributed by atoms with Crippen molar-refractivity contribution >= 4 is 90.7 Å². The maximum Gasteiger partial charge on any atom is 2.00 e. The molecule has 0 aromatic heterocycles. The first-order valence-electron chi connectivity index (χ1n) is 10.1. The third kappa shape index (κ3) is 6.59. The monoisotopic (exact) mass is 534 g/mol. The van der Waals surface area contributed by atoms with Crippen molar-refractivity contribution in [3.05, 3.63) is 97.1 Å². The quantitative estimate of drug-likeness (QED) is 0.263. The van der Waals surface area contributed by atoms with E-state index in [-0.39, 0.29) is 47.5 Å². The minimum Gasteiger partial charge on any atom is -0.744 e. The average molecular weight is 535 g/mol. The normalized spacial score (nSPS) is 11.3. The number of benzene rings is 4. The number of fused-ring (bicyclic) bond motifs is 2. The van der Waals surface area contributed by atoms with E-state index in [9.17, 15) is 25.9 Å². The minimum absolute atomic E-state index is 0. The molecule has 0 saturated heterocycles. The molecule has 0 N–H and O–H groups in total. The van der Waals surface area contributed by atoms with E-state index in [1.807, 2.05) is 0 Å². The second kappa shape index (κ2) is 11.3. The largest absolute Gasteiger partial charge is 2.00 e. The van der Waals surface area contributed by atoms with Crippen molar-refractivity contribution in [2.24, 2.45) is 0 Å². The summed E-state index contributed by atoms with van der Waals surface area (Å²) in [6.07, 6.45) is 0. The van der Waals surface area contributed by atoms with Gasteiger partial charge in [0.1, 0.15) is 20.2 Å². The topological polar surface area (TPSA) is 114 Å². The van der Waals surface area contributed by atoms with Crippen LogP contribution in [-0.4, -0.2) is 63.7 Å². The summed E-state index contributed by atoms with van der Waals surface area (Å²) in [5.74, 6) is 0. The molecular weight excluding hydrogens is 512 g/mol. The van der Waals surface area contributed by atoms with Gasteiger partial charge in [0, 0.05) is 0 Å². The molecule has 35 heavy (non-hydrogen) atoms. The van der Waals surface area contributed by atoms with Gasteiger partial charge in [-0.15, -0.1) is 0 Å². The molecule has 0 spiro atoms. The summed E-state index contributed by atoms with van der Waals surface area (Å²) < 4.78 is 68.3. The molecule has 0 aliphatic rings. The molecule has 0 aliphatic heterocycles. The van der Waals surface area contributed by atoms with Crippen LogP contribution >= 0.6 is 0 Å². The molecule has 0 fully saturated rings. The van der Waals surface area contributed by atoms with Gasteiger partial charge in [0.25, 0.3) is 0 Å². The number of hydrogen-bond acceptors (Lipinski definition) is 6. The maximum atomic E-state index is 11.4. The fourth-order valence-corrected chi connectivity index (χ4v) is 5.63. The second-order valence-electron chi connectivity index (χ2n) is 7.80. The maximum absolute atomic E-state index is 11.4. The van der Waals surface area contributed by atoms with Gasteiger partial charge in [-0.3, -0.25) is 0 Å². The Balaban J connectivity index is 0.000000240. The van der Waals surface area contributed by atoms with Gasteiger partial charge in [0.2, 0.25) is 0 Å². The van der Waals surface area contributed by atoms with E-state index in [2.05, 4.69) is 13.2 Å². The van der Waals surface area contributed by atoms with Crippen LogP contribution in [0.4, 0.5) is 0 Å². The van der Waals surface area contributed by atoms with Crippen LogP contribution < -0.4 is 0 Å². The minimum atomic E-state index is -4.52. The molecule has 9 heteroatoms. The summed E-state index contributed by atoms with van der Waals surface area (Å²) in [6.45, 7) is 10.8. The van der Waals surface area contributed by atoms with Crippen molar-refractivity contribution in [3.63, 3.8) is 0 Å². The van der Waals surface area contributed by atoms with Crippen LogP contribution in [0, 0.1) is 0 Å². The summed E-state index contributed by atoms with van der Waals surface area (Å²) in [6, 6.07) is 20.6. The first kappa shape index (κ1) is 29.2. The molecule has 6 nitrogen and oxygen atoms in total. The van der Waals surface area contributed by atoms with Gasteiger partial charge in [-0.25, -0.2) is 16.8 Å². The van der Waals surface area contributed by atoms with Crippen molar-refractivity contribution < 1.29 is 25.9 Å². The van der Waals surface area contributed by atoms with Crippen LogP contribution in [0.2, 0.25) is 0 Å². The second-order valence-corrected chi connectivity index (χ2v) is 10.4. The van der Waals surface area contributed by atoms with Crippen molar-refractivity contribution in [3.8, 4) is 0 Å². The Labute approximate surface area is 235 Å². The van der Waals surface area contributed by atoms with Crippen molar-refractivity contribution in [1.82, 2.24) is 0 Å². The predicted molar refractivity (Wildman–Crippen MR) is 139 cm³/mol. The van der Waals surface area contributed by atoms with Gasteiger partial charge in [0.15, 0.2) is 0 Å². The van der Waals surface area contributed by atoms with Gasteiger partial charge < -0.3 is 9.11 Å². The Morgan fingerprint density at radius 3 is 1.20 bits per heavy atom. The third-order valence-corrected chi connectivity index (χ3v) is 7.06. The first-order chi connectivity index (χ1) is 15.8. The van der Waals surface area contributed by atoms with Gasteiger partial charge in [0.05, 0.1) is 9.79 Å². The molecule has 0 amide bonds. The standard InChI is InChI=1S/2C13H12O3S.Ca/c2*1-9(2)11-8-7-10-5-3-4-6-12(10)13(11)17(14,15)16;/h2*3-8H,1H2,2H3,(H,14,15,16);/q;;+2/p-2. The molecule has 0 atom stereocenters. The van der Waals surface area contributed by atoms with Gasteiger partial charge in [-0.1, -0.05) is 86.0 Å². The third-order valence-electron chi connectivity index (χ3n) is 5.18. The molecule has 0 radical (unpaired) electrons. The van der Waals surface area contributed by atoms with E-state index in [4.69, 9.17) is 0 Å². The Kier molecular flexibility index (Phi) is 9.46. The predicted octanol–water partition coefficient (Wildman–Crippen LogP) is 5.17. The van der Waals surface area contributed by atoms with Gasteiger partial charge >= 0.3 is 37.7 Å². The molecule has 0 aliphatic carbocycles. The van der Waals surface area contributed by atoms with Gasteiger partial charge in [-0.05, 0) is 57.7 Å². The van der Waals surface area contributed by atoms with Crippen LogP contribution in [0.3, 0.4) is 0 Å². The fraction of sp³-hybridized carbons (Fsp3) is 0.0769. The molecule has 0 saturated carbocycles. The molecule has 0 unspecified atom stereocenters. The molecule has 4 rings (SSSR count). The molecule has 0 heterocycles. The number of allylic oxidation sites excluding steroid dienone is 2. The summed E-state index contributed by atoms with van der Waals surface area (Å²) in [7, 11) is -9.03. The number of rotatable bonds is 4. The molecule has 4 aromatic rings. The summed E-state index contributed by atoms with van der Waals surface area (Å²) in [5.41, 5.74) is 1.90. The van der Waals surface area contributed by atoms with E-state index >= 15 is 0 Å². The van der Waals surface area contributed by atoms with E-state index in [1.54, 1.807) is 86.6 Å². The zero-order valence-corrected chi connectivity index (χ0v) is 23.2. The summed E-state index contributed by atoms with van der Waals surface area (Å²) >= 11 is 0. The van der Waals surface area contributed by atoms with Crippen molar-refractivity contribution in [1.29, 1.82) is 0 Å². The fourth-order valence-electron chi connectivity index (χ4n) is 3.70. The van der Waals surface area contributed by atoms with Crippen molar-refractivity contribution in [2.45, 2.75) is 23.6 Å². The SMILES string of the molecule is C=C(C)c1ccc2ccccc2c1S(=O)(=O)[O-].C=C(C)c1ccc2ccccc2c1S(=O)(=O)[O-].[Ca+2]. The van der Waals surface area contributed by atoms with Crippen LogP contribution in [0.1, 0.15) is 25.0 Å². The van der Waals surface area contributed by atoms with E-state index in [0.29, 0.717) is 33.0 Å². The zero-order valence-electron chi connectivity index (χ0n) is 19.3. The Bertz CT molecular complexity index is 1530. The Morgan fingerprint density at radius 1 is 0.600 bits per heavy atom. The molecule has 176 valence electrons. The summed E-state index contributed by atoms with van der Waals surface area (Å²) in [5, 5.41) is 2.35. The molecular formula is C26H22CaO6S2. The summed E-state index contributed by atoms with van der Waals surface area (Å²) in [4.78, 5) is -0.355. The van der Waals surface area contributed by atoms with E-state index < -0.39 is 20.2 Å². The number of hydrogen-bond donors (Lipinski definition) is 0. The molecule has 4 aromatic carbocycles. The van der Waals surface area contributed by atoms with Crippen molar-refractivity contribution in [2.75, 3.05) is 0 Å². The first-order valence-corrected chi connectivity index (χ1v) is 12.9. The average Bonchev–Trinajstić information content (AvgIpc) is 2.76.